The van der Waals surface area contributed by atoms with Crippen LogP contribution in [0, 0.1) is 10.1 Å². The number of nitro groups is 1. The summed E-state index contributed by atoms with van der Waals surface area (Å²) < 4.78 is 1.59. The Balaban J connectivity index is 2.48. The first-order chi connectivity index (χ1) is 6.63. The molecule has 0 spiro atoms. The van der Waals surface area contributed by atoms with E-state index in [4.69, 9.17) is 0 Å². The molecule has 0 aliphatic heterocycles. The summed E-state index contributed by atoms with van der Waals surface area (Å²) >= 11 is 0. The highest BCUT2D eigenvalue weighted by Crippen LogP contribution is 2.07. The normalized spacial score (nSPS) is 10.8. The van der Waals surface area contributed by atoms with Gasteiger partial charge in [0.25, 0.3) is 0 Å². The van der Waals surface area contributed by atoms with E-state index in [0.29, 0.717) is 6.54 Å². The van der Waals surface area contributed by atoms with Crippen LogP contribution >= 0.6 is 0 Å². The Kier molecular flexibility index (Phi) is 3.58. The third kappa shape index (κ3) is 2.81. The fraction of sp³-hybridized carbons (Fsp3) is 0.625. The number of hydrogen-bond donors (Lipinski definition) is 0. The summed E-state index contributed by atoms with van der Waals surface area (Å²) in [4.78, 5) is 12.0. The average Bonchev–Trinajstić information content (AvgIpc) is 2.62. The molecule has 78 valence electrons. The molecule has 0 aromatic carbocycles. The van der Waals surface area contributed by atoms with E-state index in [0.717, 1.165) is 13.1 Å². The molecule has 0 aliphatic rings. The van der Waals surface area contributed by atoms with Gasteiger partial charge in [-0.2, -0.15) is 5.10 Å². The van der Waals surface area contributed by atoms with Gasteiger partial charge in [0.15, 0.2) is 0 Å². The first-order valence-electron chi connectivity index (χ1n) is 4.49. The predicted octanol–water partition coefficient (Wildman–Crippen LogP) is 0.743. The van der Waals surface area contributed by atoms with E-state index >= 15 is 0 Å². The maximum Gasteiger partial charge on any atom is 0.306 e. The maximum absolute atomic E-state index is 10.4. The van der Waals surface area contributed by atoms with Crippen LogP contribution in [0.3, 0.4) is 0 Å². The second-order valence-electron chi connectivity index (χ2n) is 3.11. The minimum Gasteiger partial charge on any atom is -0.305 e. The molecule has 0 aliphatic carbocycles. The third-order valence-corrected chi connectivity index (χ3v) is 2.08. The van der Waals surface area contributed by atoms with Crippen molar-refractivity contribution in [2.24, 2.45) is 0 Å². The van der Waals surface area contributed by atoms with Crippen LogP contribution in [0.4, 0.5) is 5.69 Å². The van der Waals surface area contributed by atoms with E-state index in [9.17, 15) is 10.1 Å². The van der Waals surface area contributed by atoms with Gasteiger partial charge < -0.3 is 4.90 Å². The number of nitrogens with zero attached hydrogens (tertiary/aromatic N) is 4. The van der Waals surface area contributed by atoms with Gasteiger partial charge in [-0.1, -0.05) is 6.92 Å². The Hall–Kier alpha value is -1.43. The highest BCUT2D eigenvalue weighted by atomic mass is 16.6. The Morgan fingerprint density at radius 2 is 2.43 bits per heavy atom. The summed E-state index contributed by atoms with van der Waals surface area (Å²) in [7, 11) is 2.00. The number of hydrogen-bond acceptors (Lipinski definition) is 4. The molecule has 1 rings (SSSR count). The zero-order chi connectivity index (χ0) is 10.6. The Morgan fingerprint density at radius 3 is 2.93 bits per heavy atom. The molecular formula is C8H14N4O2. The van der Waals surface area contributed by atoms with E-state index in [1.165, 1.54) is 12.4 Å². The molecule has 6 heteroatoms. The van der Waals surface area contributed by atoms with Crippen LogP contribution in [-0.2, 0) is 6.54 Å². The van der Waals surface area contributed by atoms with Gasteiger partial charge in [-0.3, -0.25) is 14.8 Å². The third-order valence-electron chi connectivity index (χ3n) is 2.08. The first kappa shape index (κ1) is 10.6. The van der Waals surface area contributed by atoms with Crippen molar-refractivity contribution in [2.75, 3.05) is 20.1 Å². The lowest BCUT2D eigenvalue weighted by atomic mass is 10.5. The summed E-state index contributed by atoms with van der Waals surface area (Å²) in [5.74, 6) is 0. The molecule has 0 fully saturated rings. The summed E-state index contributed by atoms with van der Waals surface area (Å²) in [5, 5.41) is 14.2. The predicted molar refractivity (Wildman–Crippen MR) is 52.1 cm³/mol. The lowest BCUT2D eigenvalue weighted by Gasteiger charge is -2.12. The van der Waals surface area contributed by atoms with E-state index in [-0.39, 0.29) is 5.69 Å². The Labute approximate surface area is 82.3 Å². The van der Waals surface area contributed by atoms with Crippen LogP contribution < -0.4 is 0 Å². The lowest BCUT2D eigenvalue weighted by molar-refractivity contribution is -0.385. The van der Waals surface area contributed by atoms with Crippen LogP contribution in [0.25, 0.3) is 0 Å². The fourth-order valence-corrected chi connectivity index (χ4v) is 1.00. The van der Waals surface area contributed by atoms with E-state index in [1.807, 2.05) is 7.05 Å². The van der Waals surface area contributed by atoms with Crippen molar-refractivity contribution in [2.45, 2.75) is 13.5 Å². The Morgan fingerprint density at radius 1 is 1.71 bits per heavy atom. The van der Waals surface area contributed by atoms with E-state index in [1.54, 1.807) is 4.68 Å². The zero-order valence-corrected chi connectivity index (χ0v) is 8.38. The summed E-state index contributed by atoms with van der Waals surface area (Å²) in [6.45, 7) is 4.54. The zero-order valence-electron chi connectivity index (χ0n) is 8.38. The molecule has 0 atom stereocenters. The molecule has 1 aromatic rings. The maximum atomic E-state index is 10.4. The number of rotatable bonds is 5. The minimum absolute atomic E-state index is 0.0455. The quantitative estimate of drug-likeness (QED) is 0.517. The molecule has 0 amide bonds. The SMILES string of the molecule is CCN(C)CCn1cc([N+](=O)[O-])cn1. The van der Waals surface area contributed by atoms with Gasteiger partial charge in [-0.15, -0.1) is 0 Å². The fourth-order valence-electron chi connectivity index (χ4n) is 1.00. The molecule has 0 saturated carbocycles. The van der Waals surface area contributed by atoms with E-state index in [2.05, 4.69) is 16.9 Å². The molecule has 1 heterocycles. The topological polar surface area (TPSA) is 64.2 Å². The van der Waals surface area contributed by atoms with Gasteiger partial charge in [0.2, 0.25) is 0 Å². The van der Waals surface area contributed by atoms with E-state index < -0.39 is 4.92 Å². The summed E-state index contributed by atoms with van der Waals surface area (Å²) in [5.41, 5.74) is 0.0455. The summed E-state index contributed by atoms with van der Waals surface area (Å²) in [6.07, 6.45) is 2.72. The molecule has 0 bridgehead atoms. The number of aromatic nitrogens is 2. The van der Waals surface area contributed by atoms with Crippen LogP contribution in [0.15, 0.2) is 12.4 Å². The Bertz CT molecular complexity index is 310. The minimum atomic E-state index is -0.437. The first-order valence-corrected chi connectivity index (χ1v) is 4.49. The van der Waals surface area contributed by atoms with Crippen LogP contribution in [0.1, 0.15) is 6.92 Å². The van der Waals surface area contributed by atoms with Gasteiger partial charge >= 0.3 is 5.69 Å². The molecular weight excluding hydrogens is 184 g/mol. The molecule has 0 saturated heterocycles. The lowest BCUT2D eigenvalue weighted by Crippen LogP contribution is -2.22. The van der Waals surface area contributed by atoms with Crippen LogP contribution in [-0.4, -0.2) is 39.7 Å². The van der Waals surface area contributed by atoms with Gasteiger partial charge in [-0.25, -0.2) is 0 Å². The monoisotopic (exact) mass is 198 g/mol. The van der Waals surface area contributed by atoms with Crippen molar-refractivity contribution in [3.63, 3.8) is 0 Å². The van der Waals surface area contributed by atoms with Crippen molar-refractivity contribution in [1.29, 1.82) is 0 Å². The molecule has 14 heavy (non-hydrogen) atoms. The molecule has 0 unspecified atom stereocenters. The molecule has 6 nitrogen and oxygen atoms in total. The average molecular weight is 198 g/mol. The smallest absolute Gasteiger partial charge is 0.305 e. The van der Waals surface area contributed by atoms with Gasteiger partial charge in [-0.05, 0) is 13.6 Å². The van der Waals surface area contributed by atoms with Crippen molar-refractivity contribution in [3.05, 3.63) is 22.5 Å². The second kappa shape index (κ2) is 4.71. The van der Waals surface area contributed by atoms with Crippen LogP contribution in [0.2, 0.25) is 0 Å². The largest absolute Gasteiger partial charge is 0.306 e. The standard InChI is InChI=1S/C8H14N4O2/c1-3-10(2)4-5-11-7-8(6-9-11)12(13)14/h6-7H,3-5H2,1-2H3. The van der Waals surface area contributed by atoms with Crippen molar-refractivity contribution in [1.82, 2.24) is 14.7 Å². The van der Waals surface area contributed by atoms with Gasteiger partial charge in [0.05, 0.1) is 11.5 Å². The van der Waals surface area contributed by atoms with Crippen molar-refractivity contribution in [3.8, 4) is 0 Å². The molecule has 0 N–H and O–H groups in total. The van der Waals surface area contributed by atoms with Crippen molar-refractivity contribution < 1.29 is 4.92 Å². The second-order valence-corrected chi connectivity index (χ2v) is 3.11. The highest BCUT2D eigenvalue weighted by Gasteiger charge is 2.08. The highest BCUT2D eigenvalue weighted by molar-refractivity contribution is 5.20. The molecule has 0 radical (unpaired) electrons. The van der Waals surface area contributed by atoms with Gasteiger partial charge in [0.1, 0.15) is 12.4 Å². The molecule has 1 aromatic heterocycles. The van der Waals surface area contributed by atoms with Crippen molar-refractivity contribution >= 4 is 5.69 Å². The van der Waals surface area contributed by atoms with Crippen LogP contribution in [0.5, 0.6) is 0 Å². The number of likely N-dealkylation sites (N-methyl/N-ethyl adjacent to an activating group) is 1. The summed E-state index contributed by atoms with van der Waals surface area (Å²) in [6, 6.07) is 0. The van der Waals surface area contributed by atoms with Gasteiger partial charge in [0, 0.05) is 6.54 Å².